The van der Waals surface area contributed by atoms with Gasteiger partial charge in [0.1, 0.15) is 11.5 Å². The molecule has 0 amide bonds. The molecule has 12 aromatic rings. The molecule has 0 atom stereocenters. The van der Waals surface area contributed by atoms with Crippen molar-refractivity contribution in [1.82, 2.24) is 0 Å². The summed E-state index contributed by atoms with van der Waals surface area (Å²) >= 11 is 0. The van der Waals surface area contributed by atoms with Crippen molar-refractivity contribution in [3.05, 3.63) is 206 Å². The van der Waals surface area contributed by atoms with Crippen LogP contribution >= 0.6 is 0 Å². The molecule has 12 rings (SSSR count). The van der Waals surface area contributed by atoms with Crippen LogP contribution in [0.3, 0.4) is 0 Å². The average molecular weight is 723 g/mol. The molecule has 0 saturated heterocycles. The Morgan fingerprint density at radius 2 is 0.474 bits per heavy atom. The largest absolute Gasteiger partial charge is 0.457 e. The maximum atomic E-state index is 6.43. The third-order valence-corrected chi connectivity index (χ3v) is 12.1. The van der Waals surface area contributed by atoms with E-state index >= 15 is 0 Å². The van der Waals surface area contributed by atoms with Gasteiger partial charge in [-0.2, -0.15) is 0 Å². The molecule has 1 nitrogen and oxygen atoms in total. The number of hydrogen-bond donors (Lipinski definition) is 0. The van der Waals surface area contributed by atoms with Gasteiger partial charge in [-0.25, -0.2) is 0 Å². The van der Waals surface area contributed by atoms with Crippen molar-refractivity contribution in [2.75, 3.05) is 0 Å². The molecule has 264 valence electrons. The first kappa shape index (κ1) is 31.8. The van der Waals surface area contributed by atoms with E-state index in [1.165, 1.54) is 109 Å². The van der Waals surface area contributed by atoms with Crippen LogP contribution in [0.15, 0.2) is 206 Å². The molecular weight excluding hydrogens is 689 g/mol. The van der Waals surface area contributed by atoms with Crippen LogP contribution in [0.2, 0.25) is 0 Å². The van der Waals surface area contributed by atoms with E-state index in [4.69, 9.17) is 4.74 Å². The van der Waals surface area contributed by atoms with Crippen LogP contribution < -0.4 is 4.74 Å². The molecule has 0 heterocycles. The van der Waals surface area contributed by atoms with Gasteiger partial charge < -0.3 is 4.74 Å². The van der Waals surface area contributed by atoms with Crippen LogP contribution in [0.1, 0.15) is 0 Å². The molecule has 57 heavy (non-hydrogen) atoms. The third-order valence-electron chi connectivity index (χ3n) is 12.1. The van der Waals surface area contributed by atoms with Gasteiger partial charge in [-0.1, -0.05) is 182 Å². The highest BCUT2D eigenvalue weighted by atomic mass is 16.5. The van der Waals surface area contributed by atoms with Crippen LogP contribution in [-0.2, 0) is 0 Å². The van der Waals surface area contributed by atoms with E-state index in [9.17, 15) is 0 Å². The zero-order valence-electron chi connectivity index (χ0n) is 31.0. The lowest BCUT2D eigenvalue weighted by atomic mass is 9.87. The van der Waals surface area contributed by atoms with Crippen molar-refractivity contribution < 1.29 is 4.74 Å². The Morgan fingerprint density at radius 3 is 0.772 bits per heavy atom. The summed E-state index contributed by atoms with van der Waals surface area (Å²) in [5.41, 5.74) is 9.81. The Kier molecular flexibility index (Phi) is 7.00. The minimum atomic E-state index is 0.814. The van der Waals surface area contributed by atoms with Crippen LogP contribution in [0.4, 0.5) is 0 Å². The quantitative estimate of drug-likeness (QED) is 0.155. The first-order valence-electron chi connectivity index (χ1n) is 19.7. The summed E-state index contributed by atoms with van der Waals surface area (Å²) in [4.78, 5) is 0. The van der Waals surface area contributed by atoms with Crippen molar-refractivity contribution in [2.45, 2.75) is 0 Å². The predicted molar refractivity (Wildman–Crippen MR) is 242 cm³/mol. The highest BCUT2D eigenvalue weighted by molar-refractivity contribution is 6.29. The monoisotopic (exact) mass is 722 g/mol. The van der Waals surface area contributed by atoms with Crippen molar-refractivity contribution in [2.24, 2.45) is 0 Å². The van der Waals surface area contributed by atoms with E-state index in [1.54, 1.807) is 0 Å². The summed E-state index contributed by atoms with van der Waals surface area (Å²) in [5, 5.41) is 15.5. The fourth-order valence-corrected chi connectivity index (χ4v) is 9.39. The summed E-state index contributed by atoms with van der Waals surface area (Å²) in [7, 11) is 0. The second-order valence-electron chi connectivity index (χ2n) is 15.2. The Balaban J connectivity index is 0.860. The SMILES string of the molecule is c1ccc(-c2ccc3ccc4c(-c5ccc(Oc6ccc(-c7ccc8ccc9c(-c%10ccccc%10)ccc%10ccc7c8c%109)cc6)cc5)ccc5ccc2c3c54)cc1. The Labute approximate surface area is 330 Å². The average Bonchev–Trinajstić information content (AvgIpc) is 3.28. The molecule has 0 N–H and O–H groups in total. The zero-order chi connectivity index (χ0) is 37.5. The summed E-state index contributed by atoms with van der Waals surface area (Å²) in [6, 6.07) is 74.8. The lowest BCUT2D eigenvalue weighted by Gasteiger charge is -2.17. The van der Waals surface area contributed by atoms with Crippen LogP contribution in [-0.4, -0.2) is 0 Å². The topological polar surface area (TPSA) is 9.23 Å². The van der Waals surface area contributed by atoms with Crippen LogP contribution in [0, 0.1) is 0 Å². The molecule has 0 radical (unpaired) electrons. The highest BCUT2D eigenvalue weighted by Gasteiger charge is 2.17. The number of hydrogen-bond acceptors (Lipinski definition) is 1. The Bertz CT molecular complexity index is 3200. The van der Waals surface area contributed by atoms with Gasteiger partial charge in [-0.05, 0) is 133 Å². The summed E-state index contributed by atoms with van der Waals surface area (Å²) < 4.78 is 6.43. The first-order valence-corrected chi connectivity index (χ1v) is 19.7. The molecule has 0 unspecified atom stereocenters. The van der Waals surface area contributed by atoms with Gasteiger partial charge in [0.25, 0.3) is 0 Å². The fourth-order valence-electron chi connectivity index (χ4n) is 9.39. The lowest BCUT2D eigenvalue weighted by Crippen LogP contribution is -1.90. The second kappa shape index (κ2) is 12.5. The van der Waals surface area contributed by atoms with E-state index in [0.717, 1.165) is 11.5 Å². The van der Waals surface area contributed by atoms with Crippen molar-refractivity contribution in [1.29, 1.82) is 0 Å². The number of rotatable bonds is 6. The Hall–Kier alpha value is -7.48. The van der Waals surface area contributed by atoms with E-state index in [1.807, 2.05) is 0 Å². The van der Waals surface area contributed by atoms with Crippen molar-refractivity contribution in [3.63, 3.8) is 0 Å². The predicted octanol–water partition coefficient (Wildman–Crippen LogP) is 15.9. The van der Waals surface area contributed by atoms with E-state index in [-0.39, 0.29) is 0 Å². The van der Waals surface area contributed by atoms with Crippen LogP contribution in [0.5, 0.6) is 11.5 Å². The Morgan fingerprint density at radius 1 is 0.211 bits per heavy atom. The van der Waals surface area contributed by atoms with E-state index in [0.29, 0.717) is 0 Å². The summed E-state index contributed by atoms with van der Waals surface area (Å²) in [6.45, 7) is 0. The molecule has 0 aliphatic rings. The molecular formula is C56H34O. The smallest absolute Gasteiger partial charge is 0.127 e. The fraction of sp³-hybridized carbons (Fsp3) is 0. The van der Waals surface area contributed by atoms with Gasteiger partial charge in [-0.15, -0.1) is 0 Å². The summed E-state index contributed by atoms with van der Waals surface area (Å²) in [6.07, 6.45) is 0. The first-order chi connectivity index (χ1) is 28.2. The van der Waals surface area contributed by atoms with Crippen molar-refractivity contribution in [3.8, 4) is 56.0 Å². The van der Waals surface area contributed by atoms with Gasteiger partial charge in [-0.3, -0.25) is 0 Å². The highest BCUT2D eigenvalue weighted by Crippen LogP contribution is 2.44. The third kappa shape index (κ3) is 5.03. The van der Waals surface area contributed by atoms with Crippen molar-refractivity contribution >= 4 is 64.6 Å². The molecule has 0 bridgehead atoms. The molecule has 0 aliphatic heterocycles. The molecule has 12 aromatic carbocycles. The number of ether oxygens (including phenoxy) is 1. The maximum Gasteiger partial charge on any atom is 0.127 e. The van der Waals surface area contributed by atoms with Gasteiger partial charge in [0, 0.05) is 0 Å². The second-order valence-corrected chi connectivity index (χ2v) is 15.2. The standard InChI is InChI=1S/C56H34O/c1-3-7-35(8-4-1)45-27-15-39-21-33-51-47(29-17-41-19-31-49(45)53(39)55(41)51)37-11-23-43(24-12-37)57-44-25-13-38(14-26-44)48-30-18-42-20-32-50-46(36-9-5-2-6-10-36)28-16-40-22-34-52(48)56(42)54(40)50/h1-34H. The minimum absolute atomic E-state index is 0.814. The zero-order valence-corrected chi connectivity index (χ0v) is 31.0. The molecule has 0 fully saturated rings. The van der Waals surface area contributed by atoms with Gasteiger partial charge in [0.05, 0.1) is 0 Å². The van der Waals surface area contributed by atoms with Gasteiger partial charge in [0.15, 0.2) is 0 Å². The summed E-state index contributed by atoms with van der Waals surface area (Å²) in [5.74, 6) is 1.63. The lowest BCUT2D eigenvalue weighted by molar-refractivity contribution is 0.483. The van der Waals surface area contributed by atoms with E-state index < -0.39 is 0 Å². The van der Waals surface area contributed by atoms with Gasteiger partial charge in [0.2, 0.25) is 0 Å². The van der Waals surface area contributed by atoms with Gasteiger partial charge >= 0.3 is 0 Å². The normalized spacial score (nSPS) is 11.9. The maximum absolute atomic E-state index is 6.43. The molecule has 1 heteroatoms. The van der Waals surface area contributed by atoms with E-state index in [2.05, 4.69) is 206 Å². The molecule has 0 spiro atoms. The van der Waals surface area contributed by atoms with Crippen LogP contribution in [0.25, 0.3) is 109 Å². The minimum Gasteiger partial charge on any atom is -0.457 e. The molecule has 0 aliphatic carbocycles. The number of benzene rings is 12. The molecule has 0 saturated carbocycles. The molecule has 0 aromatic heterocycles.